The summed E-state index contributed by atoms with van der Waals surface area (Å²) < 4.78 is 6.44. The smallest absolute Gasteiger partial charge is 0.153 e. The zero-order valence-electron chi connectivity index (χ0n) is 9.14. The van der Waals surface area contributed by atoms with Gasteiger partial charge in [0.15, 0.2) is 6.29 Å². The highest BCUT2D eigenvalue weighted by atomic mass is 79.9. The molecule has 0 amide bonds. The van der Waals surface area contributed by atoms with Crippen LogP contribution in [0.15, 0.2) is 28.1 Å². The average Bonchev–Trinajstić information content (AvgIpc) is 2.73. The van der Waals surface area contributed by atoms with Crippen molar-refractivity contribution in [2.75, 3.05) is 0 Å². The molecular formula is C12H10BrNO2S. The Labute approximate surface area is 112 Å². The van der Waals surface area contributed by atoms with E-state index in [4.69, 9.17) is 4.74 Å². The van der Waals surface area contributed by atoms with Crippen molar-refractivity contribution < 1.29 is 9.53 Å². The Hall–Kier alpha value is -1.20. The molecule has 2 rings (SSSR count). The summed E-state index contributed by atoms with van der Waals surface area (Å²) in [5, 5.41) is 2.88. The first kappa shape index (κ1) is 12.3. The fourth-order valence-corrected chi connectivity index (χ4v) is 2.41. The number of aromatic nitrogens is 1. The summed E-state index contributed by atoms with van der Waals surface area (Å²) in [4.78, 5) is 15.2. The van der Waals surface area contributed by atoms with Gasteiger partial charge in [0, 0.05) is 15.5 Å². The third-order valence-electron chi connectivity index (χ3n) is 2.12. The molecule has 0 aliphatic heterocycles. The number of rotatable bonds is 4. The molecule has 0 aliphatic carbocycles. The first-order valence-corrected chi connectivity index (χ1v) is 6.65. The Morgan fingerprint density at radius 1 is 1.53 bits per heavy atom. The quantitative estimate of drug-likeness (QED) is 0.810. The third-order valence-corrected chi connectivity index (χ3v) is 3.55. The second kappa shape index (κ2) is 5.42. The lowest BCUT2D eigenvalue weighted by Gasteiger charge is -2.06. The molecule has 0 saturated heterocycles. The van der Waals surface area contributed by atoms with Crippen LogP contribution in [-0.4, -0.2) is 11.3 Å². The van der Waals surface area contributed by atoms with E-state index in [9.17, 15) is 4.79 Å². The summed E-state index contributed by atoms with van der Waals surface area (Å²) in [7, 11) is 0. The van der Waals surface area contributed by atoms with E-state index in [0.29, 0.717) is 17.9 Å². The molecule has 1 heterocycles. The van der Waals surface area contributed by atoms with Crippen molar-refractivity contribution in [3.05, 3.63) is 44.3 Å². The fourth-order valence-electron chi connectivity index (χ4n) is 1.35. The van der Waals surface area contributed by atoms with Gasteiger partial charge in [0.2, 0.25) is 0 Å². The first-order valence-electron chi connectivity index (χ1n) is 4.97. The van der Waals surface area contributed by atoms with E-state index < -0.39 is 0 Å². The molecule has 3 nitrogen and oxygen atoms in total. The Kier molecular flexibility index (Phi) is 3.91. The van der Waals surface area contributed by atoms with Gasteiger partial charge < -0.3 is 4.74 Å². The monoisotopic (exact) mass is 311 g/mol. The zero-order chi connectivity index (χ0) is 12.3. The number of carbonyl (C=O) groups is 1. The average molecular weight is 312 g/mol. The highest BCUT2D eigenvalue weighted by Gasteiger charge is 2.05. The van der Waals surface area contributed by atoms with Crippen LogP contribution in [0.3, 0.4) is 0 Å². The molecule has 0 N–H and O–H groups in total. The molecule has 1 aromatic carbocycles. The standard InChI is InChI=1S/C12H10BrNO2S/c1-8-7-17-12(14-8)6-16-11-3-2-10(13)4-9(11)5-15/h2-5,7H,6H2,1H3. The van der Waals surface area contributed by atoms with Crippen molar-refractivity contribution in [3.8, 4) is 5.75 Å². The van der Waals surface area contributed by atoms with Gasteiger partial charge in [-0.05, 0) is 25.1 Å². The summed E-state index contributed by atoms with van der Waals surface area (Å²) in [6.45, 7) is 2.33. The molecule has 0 saturated carbocycles. The van der Waals surface area contributed by atoms with Crippen molar-refractivity contribution in [3.63, 3.8) is 0 Å². The molecule has 17 heavy (non-hydrogen) atoms. The molecule has 0 fully saturated rings. The molecule has 0 bridgehead atoms. The van der Waals surface area contributed by atoms with Crippen molar-refractivity contribution in [1.82, 2.24) is 4.98 Å². The normalized spacial score (nSPS) is 10.2. The summed E-state index contributed by atoms with van der Waals surface area (Å²) in [6, 6.07) is 5.35. The minimum absolute atomic E-state index is 0.390. The van der Waals surface area contributed by atoms with Crippen LogP contribution in [-0.2, 0) is 6.61 Å². The predicted molar refractivity (Wildman–Crippen MR) is 70.7 cm³/mol. The van der Waals surface area contributed by atoms with E-state index in [1.165, 1.54) is 0 Å². The van der Waals surface area contributed by atoms with Crippen molar-refractivity contribution in [1.29, 1.82) is 0 Å². The van der Waals surface area contributed by atoms with Crippen LogP contribution >= 0.6 is 27.3 Å². The van der Waals surface area contributed by atoms with E-state index in [2.05, 4.69) is 20.9 Å². The molecule has 2 aromatic rings. The predicted octanol–water partition coefficient (Wildman–Crippen LogP) is 3.61. The van der Waals surface area contributed by atoms with Crippen LogP contribution in [0.1, 0.15) is 21.1 Å². The summed E-state index contributed by atoms with van der Waals surface area (Å²) in [5.41, 5.74) is 1.52. The first-order chi connectivity index (χ1) is 8.19. The van der Waals surface area contributed by atoms with E-state index in [0.717, 1.165) is 21.5 Å². The fraction of sp³-hybridized carbons (Fsp3) is 0.167. The van der Waals surface area contributed by atoms with Crippen LogP contribution in [0.4, 0.5) is 0 Å². The number of aryl methyl sites for hydroxylation is 1. The van der Waals surface area contributed by atoms with Crippen molar-refractivity contribution in [2.24, 2.45) is 0 Å². The van der Waals surface area contributed by atoms with Gasteiger partial charge in [-0.2, -0.15) is 0 Å². The number of nitrogens with zero attached hydrogens (tertiary/aromatic N) is 1. The maximum absolute atomic E-state index is 10.9. The lowest BCUT2D eigenvalue weighted by Crippen LogP contribution is -1.98. The van der Waals surface area contributed by atoms with Gasteiger partial charge in [-0.25, -0.2) is 4.98 Å². The largest absolute Gasteiger partial charge is 0.486 e. The molecule has 88 valence electrons. The number of thiazole rings is 1. The molecule has 5 heteroatoms. The Bertz CT molecular complexity index is 539. The lowest BCUT2D eigenvalue weighted by atomic mass is 10.2. The second-order valence-electron chi connectivity index (χ2n) is 3.47. The Balaban J connectivity index is 2.11. The Morgan fingerprint density at radius 3 is 3.00 bits per heavy atom. The molecule has 0 unspecified atom stereocenters. The SMILES string of the molecule is Cc1csc(COc2ccc(Br)cc2C=O)n1. The topological polar surface area (TPSA) is 39.2 Å². The molecule has 0 radical (unpaired) electrons. The van der Waals surface area contributed by atoms with Gasteiger partial charge in [0.05, 0.1) is 5.56 Å². The van der Waals surface area contributed by atoms with Gasteiger partial charge in [0.1, 0.15) is 17.4 Å². The van der Waals surface area contributed by atoms with E-state index in [-0.39, 0.29) is 0 Å². The molecule has 0 atom stereocenters. The summed E-state index contributed by atoms with van der Waals surface area (Å²) in [6.07, 6.45) is 0.785. The molecular weight excluding hydrogens is 302 g/mol. The van der Waals surface area contributed by atoms with Crippen molar-refractivity contribution in [2.45, 2.75) is 13.5 Å². The van der Waals surface area contributed by atoms with Crippen LogP contribution < -0.4 is 4.74 Å². The lowest BCUT2D eigenvalue weighted by molar-refractivity contribution is 0.111. The highest BCUT2D eigenvalue weighted by Crippen LogP contribution is 2.23. The third kappa shape index (κ3) is 3.14. The summed E-state index contributed by atoms with van der Waals surface area (Å²) in [5.74, 6) is 0.580. The number of halogens is 1. The van der Waals surface area contributed by atoms with E-state index in [1.54, 1.807) is 23.5 Å². The maximum atomic E-state index is 10.9. The van der Waals surface area contributed by atoms with Crippen LogP contribution in [0.2, 0.25) is 0 Å². The molecule has 0 spiro atoms. The number of ether oxygens (including phenoxy) is 1. The van der Waals surface area contributed by atoms with Gasteiger partial charge in [0.25, 0.3) is 0 Å². The van der Waals surface area contributed by atoms with Crippen LogP contribution in [0.25, 0.3) is 0 Å². The van der Waals surface area contributed by atoms with Gasteiger partial charge in [-0.1, -0.05) is 15.9 Å². The maximum Gasteiger partial charge on any atom is 0.153 e. The molecule has 0 aliphatic rings. The molecule has 1 aromatic heterocycles. The van der Waals surface area contributed by atoms with Gasteiger partial charge in [-0.15, -0.1) is 11.3 Å². The van der Waals surface area contributed by atoms with Gasteiger partial charge >= 0.3 is 0 Å². The van der Waals surface area contributed by atoms with E-state index >= 15 is 0 Å². The zero-order valence-corrected chi connectivity index (χ0v) is 11.5. The van der Waals surface area contributed by atoms with E-state index in [1.807, 2.05) is 18.4 Å². The number of hydrogen-bond donors (Lipinski definition) is 0. The van der Waals surface area contributed by atoms with Crippen LogP contribution in [0, 0.1) is 6.92 Å². The van der Waals surface area contributed by atoms with Gasteiger partial charge in [-0.3, -0.25) is 4.79 Å². The minimum Gasteiger partial charge on any atom is -0.486 e. The number of aldehydes is 1. The second-order valence-corrected chi connectivity index (χ2v) is 5.33. The van der Waals surface area contributed by atoms with Crippen molar-refractivity contribution >= 4 is 33.6 Å². The Morgan fingerprint density at radius 2 is 2.35 bits per heavy atom. The number of hydrogen-bond acceptors (Lipinski definition) is 4. The highest BCUT2D eigenvalue weighted by molar-refractivity contribution is 9.10. The minimum atomic E-state index is 0.390. The van der Waals surface area contributed by atoms with Crippen LogP contribution in [0.5, 0.6) is 5.75 Å². The number of benzene rings is 1. The number of carbonyl (C=O) groups excluding carboxylic acids is 1. The summed E-state index contributed by atoms with van der Waals surface area (Å²) >= 11 is 4.86.